The second kappa shape index (κ2) is 9.91. The summed E-state index contributed by atoms with van der Waals surface area (Å²) in [5.74, 6) is 0.248. The van der Waals surface area contributed by atoms with E-state index in [0.29, 0.717) is 18.2 Å². The van der Waals surface area contributed by atoms with Crippen molar-refractivity contribution in [3.63, 3.8) is 0 Å². The number of nitrogen functional groups attached to an aromatic ring is 1. The van der Waals surface area contributed by atoms with Crippen LogP contribution in [0.15, 0.2) is 54.2 Å². The van der Waals surface area contributed by atoms with Crippen LogP contribution in [-0.2, 0) is 22.5 Å². The van der Waals surface area contributed by atoms with Gasteiger partial charge >= 0.3 is 5.97 Å². The second-order valence-electron chi connectivity index (χ2n) is 9.08. The number of aromatic nitrogens is 3. The van der Waals surface area contributed by atoms with E-state index in [1.54, 1.807) is 17.5 Å². The van der Waals surface area contributed by atoms with Gasteiger partial charge < -0.3 is 15.0 Å². The van der Waals surface area contributed by atoms with E-state index in [0.717, 1.165) is 38.7 Å². The first kappa shape index (κ1) is 24.3. The van der Waals surface area contributed by atoms with Crippen molar-refractivity contribution in [2.45, 2.75) is 39.7 Å². The summed E-state index contributed by atoms with van der Waals surface area (Å²) in [4.78, 5) is 21.1. The second-order valence-corrected chi connectivity index (χ2v) is 10.4. The summed E-state index contributed by atoms with van der Waals surface area (Å²) >= 11 is 8.00. The molecule has 8 heteroatoms. The zero-order valence-corrected chi connectivity index (χ0v) is 22.0. The number of rotatable bonds is 7. The lowest BCUT2D eigenvalue weighted by molar-refractivity contribution is -0.142. The van der Waals surface area contributed by atoms with Crippen molar-refractivity contribution in [1.29, 1.82) is 0 Å². The van der Waals surface area contributed by atoms with Gasteiger partial charge in [0.05, 0.1) is 18.7 Å². The van der Waals surface area contributed by atoms with E-state index >= 15 is 0 Å². The average molecular weight is 519 g/mol. The molecule has 0 saturated carbocycles. The third-order valence-electron chi connectivity index (χ3n) is 6.29. The zero-order valence-electron chi connectivity index (χ0n) is 20.4. The van der Waals surface area contributed by atoms with Gasteiger partial charge in [0.1, 0.15) is 0 Å². The third kappa shape index (κ3) is 4.68. The van der Waals surface area contributed by atoms with Crippen LogP contribution in [0.25, 0.3) is 32.2 Å². The van der Waals surface area contributed by atoms with Crippen molar-refractivity contribution in [3.05, 3.63) is 75.9 Å². The van der Waals surface area contributed by atoms with Gasteiger partial charge in [-0.2, -0.15) is 0 Å². The van der Waals surface area contributed by atoms with Crippen molar-refractivity contribution < 1.29 is 9.53 Å². The fourth-order valence-corrected chi connectivity index (χ4v) is 5.68. The molecule has 0 spiro atoms. The summed E-state index contributed by atoms with van der Waals surface area (Å²) in [5, 5.41) is 5.04. The summed E-state index contributed by atoms with van der Waals surface area (Å²) in [5.41, 5.74) is 11.9. The maximum Gasteiger partial charge on any atom is 0.310 e. The van der Waals surface area contributed by atoms with Crippen LogP contribution in [0, 0.1) is 0 Å². The zero-order chi connectivity index (χ0) is 25.4. The van der Waals surface area contributed by atoms with Crippen molar-refractivity contribution in [2.75, 3.05) is 12.3 Å². The Morgan fingerprint density at radius 3 is 2.78 bits per heavy atom. The van der Waals surface area contributed by atoms with Gasteiger partial charge in [0.15, 0.2) is 0 Å². The molecule has 5 aromatic rings. The minimum atomic E-state index is -0.237. The number of ether oxygens (including phenoxy) is 1. The topological polar surface area (TPSA) is 83.0 Å². The van der Waals surface area contributed by atoms with Crippen LogP contribution in [0.1, 0.15) is 43.4 Å². The summed E-state index contributed by atoms with van der Waals surface area (Å²) in [6, 6.07) is 12.2. The highest BCUT2D eigenvalue weighted by molar-refractivity contribution is 7.17. The summed E-state index contributed by atoms with van der Waals surface area (Å²) in [6.45, 7) is 7.05. The predicted molar refractivity (Wildman–Crippen MR) is 148 cm³/mol. The maximum absolute atomic E-state index is 12.4. The molecular weight excluding hydrogens is 492 g/mol. The summed E-state index contributed by atoms with van der Waals surface area (Å²) in [7, 11) is 0. The van der Waals surface area contributed by atoms with Crippen LogP contribution in [0.5, 0.6) is 0 Å². The van der Waals surface area contributed by atoms with Gasteiger partial charge in [0, 0.05) is 45.1 Å². The first-order valence-corrected chi connectivity index (χ1v) is 13.2. The number of fused-ring (bicyclic) bond motifs is 2. The van der Waals surface area contributed by atoms with Gasteiger partial charge in [-0.25, -0.2) is 9.97 Å². The van der Waals surface area contributed by atoms with Gasteiger partial charge in [-0.15, -0.1) is 11.3 Å². The molecular formula is C28H27ClN4O2S. The van der Waals surface area contributed by atoms with E-state index in [9.17, 15) is 4.79 Å². The molecule has 36 heavy (non-hydrogen) atoms. The van der Waals surface area contributed by atoms with Gasteiger partial charge in [0.2, 0.25) is 5.95 Å². The maximum atomic E-state index is 12.4. The minimum Gasteiger partial charge on any atom is -0.466 e. The molecule has 0 bridgehead atoms. The molecule has 2 N–H and O–H groups in total. The van der Waals surface area contributed by atoms with Crippen molar-refractivity contribution in [2.24, 2.45) is 0 Å². The molecule has 0 aliphatic rings. The molecule has 184 valence electrons. The molecule has 2 aromatic carbocycles. The minimum absolute atomic E-state index is 0.213. The normalized spacial score (nSPS) is 11.6. The molecule has 3 aromatic heterocycles. The highest BCUT2D eigenvalue weighted by atomic mass is 35.5. The Hall–Kier alpha value is -3.42. The lowest BCUT2D eigenvalue weighted by Gasteiger charge is -2.13. The number of halogens is 1. The highest BCUT2D eigenvalue weighted by Crippen LogP contribution is 2.34. The number of carbonyl (C=O) groups excluding carboxylic acids is 1. The monoisotopic (exact) mass is 518 g/mol. The average Bonchev–Trinajstić information content (AvgIpc) is 3.39. The number of esters is 1. The number of carbonyl (C=O) groups is 1. The first-order valence-electron chi connectivity index (χ1n) is 11.9. The molecule has 0 fully saturated rings. The number of benzene rings is 2. The van der Waals surface area contributed by atoms with Crippen LogP contribution in [0.2, 0.25) is 5.02 Å². The predicted octanol–water partition coefficient (Wildman–Crippen LogP) is 6.83. The SMILES string of the molecule is CCOC(=O)Cc1cn(Cc2csc3ccc(Cl)cc23)c2cc(-c3nc(N)ncc3C(C)C)ccc12. The Morgan fingerprint density at radius 2 is 2.00 bits per heavy atom. The standard InChI is InChI=1S/C28H27ClN4O2S/c1-4-35-26(34)10-18-13-33(14-19-15-36-25-8-6-20(29)11-22(19)25)24-9-17(5-7-21(18)24)27-23(16(2)3)12-31-28(30)32-27/h5-9,11-13,15-16H,4,10,14H2,1-3H3,(H2,30,31,32). The fourth-order valence-electron chi connectivity index (χ4n) is 4.57. The van der Waals surface area contributed by atoms with Gasteiger partial charge in [-0.3, -0.25) is 4.79 Å². The number of nitrogens with two attached hydrogens (primary N) is 1. The molecule has 0 unspecified atom stereocenters. The van der Waals surface area contributed by atoms with E-state index in [2.05, 4.69) is 58.2 Å². The molecule has 0 amide bonds. The van der Waals surface area contributed by atoms with E-state index in [4.69, 9.17) is 22.1 Å². The quantitative estimate of drug-likeness (QED) is 0.239. The van der Waals surface area contributed by atoms with E-state index in [1.807, 2.05) is 25.1 Å². The van der Waals surface area contributed by atoms with Crippen LogP contribution in [0.3, 0.4) is 0 Å². The number of hydrogen-bond donors (Lipinski definition) is 1. The molecule has 3 heterocycles. The van der Waals surface area contributed by atoms with Crippen LogP contribution < -0.4 is 5.73 Å². The van der Waals surface area contributed by atoms with Crippen molar-refractivity contribution in [1.82, 2.24) is 14.5 Å². The van der Waals surface area contributed by atoms with Gasteiger partial charge in [-0.1, -0.05) is 37.6 Å². The number of hydrogen-bond acceptors (Lipinski definition) is 6. The smallest absolute Gasteiger partial charge is 0.310 e. The largest absolute Gasteiger partial charge is 0.466 e. The molecule has 0 aliphatic heterocycles. The lowest BCUT2D eigenvalue weighted by Crippen LogP contribution is -2.07. The molecule has 0 aliphatic carbocycles. The highest BCUT2D eigenvalue weighted by Gasteiger charge is 2.18. The Balaban J connectivity index is 1.65. The van der Waals surface area contributed by atoms with E-state index in [-0.39, 0.29) is 24.3 Å². The van der Waals surface area contributed by atoms with E-state index in [1.165, 1.54) is 10.3 Å². The Morgan fingerprint density at radius 1 is 1.17 bits per heavy atom. The summed E-state index contributed by atoms with van der Waals surface area (Å²) < 4.78 is 8.62. The van der Waals surface area contributed by atoms with Crippen molar-refractivity contribution in [3.8, 4) is 11.3 Å². The number of anilines is 1. The fraction of sp³-hybridized carbons (Fsp3) is 0.250. The van der Waals surface area contributed by atoms with Crippen LogP contribution in [-0.4, -0.2) is 27.1 Å². The molecule has 6 nitrogen and oxygen atoms in total. The van der Waals surface area contributed by atoms with Gasteiger partial charge in [-0.05, 0) is 64.6 Å². The first-order chi connectivity index (χ1) is 17.3. The Labute approximate surface area is 218 Å². The number of thiophene rings is 1. The van der Waals surface area contributed by atoms with Crippen molar-refractivity contribution >= 4 is 55.8 Å². The lowest BCUT2D eigenvalue weighted by atomic mass is 9.97. The Kier molecular flexibility index (Phi) is 6.69. The molecule has 0 saturated heterocycles. The third-order valence-corrected chi connectivity index (χ3v) is 7.54. The van der Waals surface area contributed by atoms with Gasteiger partial charge in [0.25, 0.3) is 0 Å². The molecule has 0 radical (unpaired) electrons. The Bertz CT molecular complexity index is 1590. The van der Waals surface area contributed by atoms with Crippen LogP contribution >= 0.6 is 22.9 Å². The van der Waals surface area contributed by atoms with Crippen LogP contribution in [0.4, 0.5) is 5.95 Å². The summed E-state index contributed by atoms with van der Waals surface area (Å²) in [6.07, 6.45) is 4.07. The number of nitrogens with zero attached hydrogens (tertiary/aromatic N) is 3. The molecule has 5 rings (SSSR count). The van der Waals surface area contributed by atoms with E-state index < -0.39 is 0 Å². The molecule has 0 atom stereocenters.